The molecule has 0 aliphatic heterocycles. The molecule has 164 valence electrons. The lowest BCUT2D eigenvalue weighted by Crippen LogP contribution is -2.17. The summed E-state index contributed by atoms with van der Waals surface area (Å²) in [5, 5.41) is 4.06. The molecule has 0 bridgehead atoms. The zero-order chi connectivity index (χ0) is 23.0. The number of carbonyl (C=O) groups is 1. The fourth-order valence-electron chi connectivity index (χ4n) is 3.51. The quantitative estimate of drug-likeness (QED) is 0.217. The molecule has 0 unspecified atom stereocenters. The van der Waals surface area contributed by atoms with Gasteiger partial charge in [0.25, 0.3) is 5.91 Å². The lowest BCUT2D eigenvalue weighted by Gasteiger charge is -2.12. The van der Waals surface area contributed by atoms with Crippen LogP contribution in [-0.4, -0.2) is 23.3 Å². The maximum Gasteiger partial charge on any atom is 0.271 e. The van der Waals surface area contributed by atoms with E-state index in [2.05, 4.69) is 52.9 Å². The van der Waals surface area contributed by atoms with Crippen molar-refractivity contribution >= 4 is 12.1 Å². The van der Waals surface area contributed by atoms with Gasteiger partial charge in [-0.2, -0.15) is 5.10 Å². The zero-order valence-electron chi connectivity index (χ0n) is 18.4. The molecule has 4 aromatic rings. The summed E-state index contributed by atoms with van der Waals surface area (Å²) in [5.74, 6) is 0.487. The predicted molar refractivity (Wildman–Crippen MR) is 133 cm³/mol. The van der Waals surface area contributed by atoms with Gasteiger partial charge in [-0.05, 0) is 78.7 Å². The number of hydrazone groups is 1. The summed E-state index contributed by atoms with van der Waals surface area (Å²) in [7, 11) is 0. The van der Waals surface area contributed by atoms with E-state index in [4.69, 9.17) is 4.74 Å². The number of aromatic nitrogens is 1. The van der Waals surface area contributed by atoms with E-state index in [9.17, 15) is 4.79 Å². The van der Waals surface area contributed by atoms with E-state index in [1.807, 2.05) is 54.6 Å². The Morgan fingerprint density at radius 3 is 2.39 bits per heavy atom. The summed E-state index contributed by atoms with van der Waals surface area (Å²) in [6.07, 6.45) is 3.29. The summed E-state index contributed by atoms with van der Waals surface area (Å²) in [4.78, 5) is 12.5. The van der Waals surface area contributed by atoms with E-state index in [1.54, 1.807) is 24.4 Å². The van der Waals surface area contributed by atoms with Crippen molar-refractivity contribution < 1.29 is 9.53 Å². The number of benzene rings is 3. The summed E-state index contributed by atoms with van der Waals surface area (Å²) in [5.41, 5.74) is 8.34. The minimum Gasteiger partial charge on any atom is -0.490 e. The van der Waals surface area contributed by atoms with Crippen LogP contribution in [0, 0.1) is 6.92 Å². The molecule has 0 aliphatic carbocycles. The van der Waals surface area contributed by atoms with Crippen molar-refractivity contribution in [3.63, 3.8) is 0 Å². The molecule has 1 N–H and O–H groups in total. The Hall–Kier alpha value is -4.38. The predicted octanol–water partition coefficient (Wildman–Crippen LogP) is 5.78. The second kappa shape index (κ2) is 10.3. The first-order valence-electron chi connectivity index (χ1n) is 10.7. The molecule has 5 nitrogen and oxygen atoms in total. The molecule has 33 heavy (non-hydrogen) atoms. The van der Waals surface area contributed by atoms with Gasteiger partial charge in [0.2, 0.25) is 0 Å². The number of nitrogens with one attached hydrogen (secondary N) is 1. The molecule has 0 aliphatic rings. The van der Waals surface area contributed by atoms with Crippen LogP contribution in [-0.2, 0) is 0 Å². The van der Waals surface area contributed by atoms with Gasteiger partial charge in [0.15, 0.2) is 0 Å². The van der Waals surface area contributed by atoms with Crippen LogP contribution in [0.15, 0.2) is 109 Å². The van der Waals surface area contributed by atoms with Gasteiger partial charge in [-0.3, -0.25) is 4.79 Å². The SMILES string of the molecule is C=CCOc1ccc(/C=N/NC(=O)c2ccc(-n3c(C)ccc3-c3ccccc3)cc2)cc1. The third-order valence-electron chi connectivity index (χ3n) is 5.16. The van der Waals surface area contributed by atoms with E-state index in [-0.39, 0.29) is 5.91 Å². The fraction of sp³-hybridized carbons (Fsp3) is 0.0714. The van der Waals surface area contributed by atoms with Crippen molar-refractivity contribution in [2.75, 3.05) is 6.61 Å². The first-order chi connectivity index (χ1) is 16.2. The Bertz CT molecular complexity index is 1260. The normalized spacial score (nSPS) is 10.8. The Morgan fingerprint density at radius 1 is 0.970 bits per heavy atom. The average molecular weight is 436 g/mol. The third kappa shape index (κ3) is 5.28. The lowest BCUT2D eigenvalue weighted by atomic mass is 10.1. The van der Waals surface area contributed by atoms with Gasteiger partial charge in [-0.1, -0.05) is 43.0 Å². The Kier molecular flexibility index (Phi) is 6.81. The van der Waals surface area contributed by atoms with Crippen LogP contribution >= 0.6 is 0 Å². The number of nitrogens with zero attached hydrogens (tertiary/aromatic N) is 2. The van der Waals surface area contributed by atoms with E-state index in [0.29, 0.717) is 12.2 Å². The van der Waals surface area contributed by atoms with Crippen molar-refractivity contribution in [3.05, 3.63) is 120 Å². The highest BCUT2D eigenvalue weighted by Crippen LogP contribution is 2.26. The van der Waals surface area contributed by atoms with Gasteiger partial charge in [0.05, 0.1) is 11.9 Å². The molecular weight excluding hydrogens is 410 g/mol. The lowest BCUT2D eigenvalue weighted by molar-refractivity contribution is 0.0955. The Labute approximate surface area is 193 Å². The second-order valence-corrected chi connectivity index (χ2v) is 7.48. The first-order valence-corrected chi connectivity index (χ1v) is 10.7. The van der Waals surface area contributed by atoms with Gasteiger partial charge < -0.3 is 9.30 Å². The van der Waals surface area contributed by atoms with Crippen molar-refractivity contribution in [1.82, 2.24) is 9.99 Å². The molecule has 0 radical (unpaired) electrons. The van der Waals surface area contributed by atoms with E-state index >= 15 is 0 Å². The minimum atomic E-state index is -0.267. The van der Waals surface area contributed by atoms with E-state index < -0.39 is 0 Å². The molecular formula is C28H25N3O2. The molecule has 0 atom stereocenters. The van der Waals surface area contributed by atoms with Crippen LogP contribution in [0.1, 0.15) is 21.6 Å². The fourth-order valence-corrected chi connectivity index (χ4v) is 3.51. The largest absolute Gasteiger partial charge is 0.490 e. The Morgan fingerprint density at radius 2 is 1.70 bits per heavy atom. The monoisotopic (exact) mass is 435 g/mol. The van der Waals surface area contributed by atoms with Gasteiger partial charge in [0, 0.05) is 16.9 Å². The number of ether oxygens (including phenoxy) is 1. The number of hydrogen-bond acceptors (Lipinski definition) is 3. The molecule has 1 aromatic heterocycles. The van der Waals surface area contributed by atoms with Crippen LogP contribution in [0.5, 0.6) is 5.75 Å². The highest BCUT2D eigenvalue weighted by molar-refractivity contribution is 5.95. The Balaban J connectivity index is 1.43. The van der Waals surface area contributed by atoms with Gasteiger partial charge >= 0.3 is 0 Å². The number of carbonyl (C=O) groups excluding carboxylic acids is 1. The summed E-state index contributed by atoms with van der Waals surface area (Å²) >= 11 is 0. The number of hydrogen-bond donors (Lipinski definition) is 1. The molecule has 1 heterocycles. The molecule has 3 aromatic carbocycles. The smallest absolute Gasteiger partial charge is 0.271 e. The molecule has 0 spiro atoms. The zero-order valence-corrected chi connectivity index (χ0v) is 18.4. The van der Waals surface area contributed by atoms with Gasteiger partial charge in [0.1, 0.15) is 12.4 Å². The van der Waals surface area contributed by atoms with Crippen molar-refractivity contribution in [3.8, 4) is 22.7 Å². The number of aryl methyl sites for hydroxylation is 1. The molecule has 0 fully saturated rings. The van der Waals surface area contributed by atoms with Crippen LogP contribution in [0.3, 0.4) is 0 Å². The standard InChI is InChI=1S/C28H25N3O2/c1-3-19-33-26-16-10-22(11-17-26)20-29-30-28(32)24-12-14-25(15-13-24)31-21(2)9-18-27(31)23-7-5-4-6-8-23/h3-18,20H,1,19H2,2H3,(H,30,32)/b29-20+. The van der Waals surface area contributed by atoms with Crippen LogP contribution in [0.4, 0.5) is 0 Å². The summed E-state index contributed by atoms with van der Waals surface area (Å²) in [6, 6.07) is 29.4. The van der Waals surface area contributed by atoms with E-state index in [0.717, 1.165) is 34.0 Å². The maximum absolute atomic E-state index is 12.5. The number of amides is 1. The molecule has 0 saturated carbocycles. The van der Waals surface area contributed by atoms with E-state index in [1.165, 1.54) is 0 Å². The van der Waals surface area contributed by atoms with Gasteiger partial charge in [-0.25, -0.2) is 5.43 Å². The second-order valence-electron chi connectivity index (χ2n) is 7.48. The average Bonchev–Trinajstić information content (AvgIpc) is 3.25. The molecule has 4 rings (SSSR count). The third-order valence-corrected chi connectivity index (χ3v) is 5.16. The summed E-state index contributed by atoms with van der Waals surface area (Å²) in [6.45, 7) is 6.15. The first kappa shape index (κ1) is 21.8. The van der Waals surface area contributed by atoms with Crippen molar-refractivity contribution in [2.45, 2.75) is 6.92 Å². The summed E-state index contributed by atoms with van der Waals surface area (Å²) < 4.78 is 7.63. The number of rotatable bonds is 8. The molecule has 1 amide bonds. The topological polar surface area (TPSA) is 55.6 Å². The highest BCUT2D eigenvalue weighted by atomic mass is 16.5. The van der Waals surface area contributed by atoms with Gasteiger partial charge in [-0.15, -0.1) is 0 Å². The minimum absolute atomic E-state index is 0.267. The molecule has 0 saturated heterocycles. The maximum atomic E-state index is 12.5. The molecule has 5 heteroatoms. The van der Waals surface area contributed by atoms with Crippen LogP contribution < -0.4 is 10.2 Å². The highest BCUT2D eigenvalue weighted by Gasteiger charge is 2.10. The van der Waals surface area contributed by atoms with Crippen molar-refractivity contribution in [2.24, 2.45) is 5.10 Å². The van der Waals surface area contributed by atoms with Crippen LogP contribution in [0.25, 0.3) is 16.9 Å². The van der Waals surface area contributed by atoms with Crippen LogP contribution in [0.2, 0.25) is 0 Å². The van der Waals surface area contributed by atoms with Crippen molar-refractivity contribution in [1.29, 1.82) is 0 Å².